The molecule has 1 aromatic carbocycles. The van der Waals surface area contributed by atoms with Gasteiger partial charge in [0.2, 0.25) is 10.0 Å². The Kier molecular flexibility index (Phi) is 6.03. The van der Waals surface area contributed by atoms with Crippen LogP contribution in [0.2, 0.25) is 5.02 Å². The summed E-state index contributed by atoms with van der Waals surface area (Å²) in [5.74, 6) is -1.38. The van der Waals surface area contributed by atoms with E-state index in [9.17, 15) is 30.8 Å². The summed E-state index contributed by atoms with van der Waals surface area (Å²) in [6.07, 6.45) is -4.17. The fourth-order valence-electron chi connectivity index (χ4n) is 2.57. The molecule has 0 unspecified atom stereocenters. The van der Waals surface area contributed by atoms with Gasteiger partial charge in [0.15, 0.2) is 5.82 Å². The molecule has 0 bridgehead atoms. The molecule has 5 nitrogen and oxygen atoms in total. The van der Waals surface area contributed by atoms with Gasteiger partial charge < -0.3 is 4.57 Å². The van der Waals surface area contributed by atoms with Gasteiger partial charge in [-0.25, -0.2) is 12.8 Å². The zero-order valence-electron chi connectivity index (χ0n) is 14.2. The molecule has 148 valence electrons. The molecule has 0 aliphatic rings. The van der Waals surface area contributed by atoms with Crippen molar-refractivity contribution in [3.8, 4) is 0 Å². The van der Waals surface area contributed by atoms with Gasteiger partial charge in [-0.1, -0.05) is 30.7 Å². The molecular weight excluding hydrogens is 412 g/mol. The van der Waals surface area contributed by atoms with E-state index < -0.39 is 45.1 Å². The van der Waals surface area contributed by atoms with Crippen LogP contribution in [0.15, 0.2) is 46.2 Å². The topological polar surface area (TPSA) is 59.4 Å². The first kappa shape index (κ1) is 21.4. The second kappa shape index (κ2) is 7.61. The molecule has 0 spiro atoms. The largest absolute Gasteiger partial charge is 0.409 e. The molecule has 1 heterocycles. The third kappa shape index (κ3) is 4.33. The number of benzene rings is 1. The summed E-state index contributed by atoms with van der Waals surface area (Å²) < 4.78 is 81.4. The first-order valence-corrected chi connectivity index (χ1v) is 9.41. The van der Waals surface area contributed by atoms with Gasteiger partial charge >= 0.3 is 6.18 Å². The minimum Gasteiger partial charge on any atom is -0.315 e. The number of aromatic nitrogens is 1. The van der Waals surface area contributed by atoms with Crippen LogP contribution >= 0.6 is 11.6 Å². The van der Waals surface area contributed by atoms with Crippen LogP contribution < -0.4 is 5.56 Å². The van der Waals surface area contributed by atoms with Crippen LogP contribution in [-0.2, 0) is 17.1 Å². The van der Waals surface area contributed by atoms with Crippen LogP contribution in [0.4, 0.5) is 17.6 Å². The molecule has 1 atom stereocenters. The van der Waals surface area contributed by atoms with Crippen molar-refractivity contribution in [2.75, 3.05) is 6.54 Å². The molecule has 0 saturated carbocycles. The smallest absolute Gasteiger partial charge is 0.315 e. The molecule has 0 radical (unpaired) electrons. The number of sulfonamides is 1. The van der Waals surface area contributed by atoms with E-state index in [1.165, 1.54) is 19.1 Å². The van der Waals surface area contributed by atoms with Gasteiger partial charge in [0, 0.05) is 30.9 Å². The quantitative estimate of drug-likeness (QED) is 0.688. The maximum Gasteiger partial charge on any atom is 0.409 e. The van der Waals surface area contributed by atoms with Crippen molar-refractivity contribution < 1.29 is 26.0 Å². The van der Waals surface area contributed by atoms with E-state index in [0.29, 0.717) is 10.6 Å². The van der Waals surface area contributed by atoms with Crippen molar-refractivity contribution in [2.24, 2.45) is 7.05 Å². The highest BCUT2D eigenvalue weighted by Gasteiger charge is 2.48. The fraction of sp³-hybridized carbons (Fsp3) is 0.312. The van der Waals surface area contributed by atoms with Crippen molar-refractivity contribution >= 4 is 21.6 Å². The first-order valence-electron chi connectivity index (χ1n) is 7.59. The van der Waals surface area contributed by atoms with Gasteiger partial charge in [-0.3, -0.25) is 4.79 Å². The zero-order valence-corrected chi connectivity index (χ0v) is 15.7. The number of nitrogens with zero attached hydrogens (tertiary/aromatic N) is 2. The van der Waals surface area contributed by atoms with E-state index in [-0.39, 0.29) is 14.9 Å². The minimum absolute atomic E-state index is 0.186. The van der Waals surface area contributed by atoms with E-state index in [2.05, 4.69) is 0 Å². The normalized spacial score (nSPS) is 13.8. The molecule has 2 aromatic rings. The van der Waals surface area contributed by atoms with Crippen LogP contribution in [-0.4, -0.2) is 30.0 Å². The Balaban J connectivity index is 2.66. The second-order valence-electron chi connectivity index (χ2n) is 5.64. The number of hydrogen-bond acceptors (Lipinski definition) is 3. The minimum atomic E-state index is -4.95. The number of aryl methyl sites for hydroxylation is 1. The van der Waals surface area contributed by atoms with Gasteiger partial charge in [-0.15, -0.1) is 0 Å². The van der Waals surface area contributed by atoms with Crippen LogP contribution in [0.1, 0.15) is 18.5 Å². The Morgan fingerprint density at radius 1 is 1.22 bits per heavy atom. The Morgan fingerprint density at radius 2 is 1.78 bits per heavy atom. The average Bonchev–Trinajstić information content (AvgIpc) is 2.56. The molecule has 27 heavy (non-hydrogen) atoms. The number of alkyl halides is 3. The maximum atomic E-state index is 13.7. The Morgan fingerprint density at radius 3 is 2.22 bits per heavy atom. The fourth-order valence-corrected chi connectivity index (χ4v) is 4.37. The molecular formula is C16H15ClF4N2O3S. The predicted octanol–water partition coefficient (Wildman–Crippen LogP) is 3.49. The summed E-state index contributed by atoms with van der Waals surface area (Å²) in [7, 11) is -3.67. The second-order valence-corrected chi connectivity index (χ2v) is 7.97. The monoisotopic (exact) mass is 426 g/mol. The van der Waals surface area contributed by atoms with Gasteiger partial charge in [0.25, 0.3) is 5.56 Å². The summed E-state index contributed by atoms with van der Waals surface area (Å²) in [5.41, 5.74) is -1.44. The molecule has 0 fully saturated rings. The molecule has 0 aliphatic heterocycles. The third-order valence-corrected chi connectivity index (χ3v) is 5.97. The van der Waals surface area contributed by atoms with Crippen molar-refractivity contribution in [1.82, 2.24) is 8.87 Å². The van der Waals surface area contributed by atoms with E-state index in [1.807, 2.05) is 0 Å². The lowest BCUT2D eigenvalue weighted by atomic mass is 10.1. The Hall–Kier alpha value is -1.91. The molecule has 0 aliphatic carbocycles. The lowest BCUT2D eigenvalue weighted by Gasteiger charge is -2.31. The zero-order chi connectivity index (χ0) is 20.6. The third-order valence-electron chi connectivity index (χ3n) is 3.82. The number of rotatable bonds is 5. The van der Waals surface area contributed by atoms with Gasteiger partial charge in [0.1, 0.15) is 10.9 Å². The number of hydrogen-bond donors (Lipinski definition) is 0. The van der Waals surface area contributed by atoms with E-state index in [4.69, 9.17) is 11.6 Å². The highest BCUT2D eigenvalue weighted by Crippen LogP contribution is 2.40. The number of halogens is 5. The highest BCUT2D eigenvalue weighted by molar-refractivity contribution is 7.89. The van der Waals surface area contributed by atoms with Gasteiger partial charge in [-0.2, -0.15) is 17.5 Å². The lowest BCUT2D eigenvalue weighted by Crippen LogP contribution is -2.42. The standard InChI is InChI=1S/C16H15ClF4N2O3S/c1-3-23(14(16(19,20)21)10-4-6-11(17)7-5-10)27(25,26)12-8-13(18)15(24)22(2)9-12/h4-9,14H,3H2,1-2H3/t14-/m1/s1. The summed E-state index contributed by atoms with van der Waals surface area (Å²) in [5, 5.41) is 0.186. The maximum absolute atomic E-state index is 13.7. The first-order chi connectivity index (χ1) is 12.4. The van der Waals surface area contributed by atoms with Crippen LogP contribution in [0, 0.1) is 5.82 Å². The SMILES string of the molecule is CCN([C@H](c1ccc(Cl)cc1)C(F)(F)F)S(=O)(=O)c1cc(F)c(=O)n(C)c1. The van der Waals surface area contributed by atoms with Crippen LogP contribution in [0.5, 0.6) is 0 Å². The van der Waals surface area contributed by atoms with E-state index in [1.54, 1.807) is 0 Å². The van der Waals surface area contributed by atoms with Crippen molar-refractivity contribution in [2.45, 2.75) is 24.0 Å². The van der Waals surface area contributed by atoms with E-state index in [0.717, 1.165) is 25.4 Å². The number of pyridine rings is 1. The van der Waals surface area contributed by atoms with Gasteiger partial charge in [0.05, 0.1) is 0 Å². The average molecular weight is 427 g/mol. The summed E-state index contributed by atoms with van der Waals surface area (Å²) in [6.45, 7) is 0.685. The molecule has 2 rings (SSSR count). The summed E-state index contributed by atoms with van der Waals surface area (Å²) in [6, 6.07) is 2.46. The Labute approximate surface area is 157 Å². The molecule has 0 amide bonds. The highest BCUT2D eigenvalue weighted by atomic mass is 35.5. The van der Waals surface area contributed by atoms with Gasteiger partial charge in [-0.05, 0) is 17.7 Å². The molecule has 1 aromatic heterocycles. The van der Waals surface area contributed by atoms with Crippen LogP contribution in [0.25, 0.3) is 0 Å². The molecule has 0 saturated heterocycles. The molecule has 0 N–H and O–H groups in total. The predicted molar refractivity (Wildman–Crippen MR) is 91.5 cm³/mol. The lowest BCUT2D eigenvalue weighted by molar-refractivity contribution is -0.173. The van der Waals surface area contributed by atoms with E-state index >= 15 is 0 Å². The van der Waals surface area contributed by atoms with Crippen molar-refractivity contribution in [1.29, 1.82) is 0 Å². The Bertz CT molecular complexity index is 962. The van der Waals surface area contributed by atoms with Crippen molar-refractivity contribution in [3.05, 3.63) is 63.3 Å². The summed E-state index contributed by atoms with van der Waals surface area (Å²) >= 11 is 5.69. The van der Waals surface area contributed by atoms with Crippen molar-refractivity contribution in [3.63, 3.8) is 0 Å². The molecule has 11 heteroatoms. The summed E-state index contributed by atoms with van der Waals surface area (Å²) in [4.78, 5) is 10.7. The van der Waals surface area contributed by atoms with Crippen LogP contribution in [0.3, 0.4) is 0 Å².